The van der Waals surface area contributed by atoms with Gasteiger partial charge in [0.2, 0.25) is 0 Å². The molecule has 188 valence electrons. The molecule has 0 saturated heterocycles. The van der Waals surface area contributed by atoms with Crippen LogP contribution in [0, 0.1) is 23.4 Å². The predicted octanol–water partition coefficient (Wildman–Crippen LogP) is 6.57. The molecule has 0 spiro atoms. The lowest BCUT2D eigenvalue weighted by molar-refractivity contribution is 1.13. The number of terminal acetylenes is 1. The first-order valence-electron chi connectivity index (χ1n) is 11.6. The number of halogens is 1. The second-order valence-electron chi connectivity index (χ2n) is 9.79. The molecule has 9 heteroatoms. The lowest BCUT2D eigenvalue weighted by Crippen LogP contribution is -2.16. The summed E-state index contributed by atoms with van der Waals surface area (Å²) in [5, 5.41) is 0. The molecule has 0 bridgehead atoms. The van der Waals surface area contributed by atoms with Crippen molar-refractivity contribution in [1.82, 2.24) is 29.9 Å². The third-order valence-electron chi connectivity index (χ3n) is 4.05. The van der Waals surface area contributed by atoms with Crippen LogP contribution >= 0.6 is 15.9 Å². The molecule has 37 heavy (non-hydrogen) atoms. The highest BCUT2D eigenvalue weighted by atomic mass is 79.9. The third kappa shape index (κ3) is 12.3. The van der Waals surface area contributed by atoms with Gasteiger partial charge in [-0.1, -0.05) is 57.3 Å². The van der Waals surface area contributed by atoms with Crippen molar-refractivity contribution in [2.24, 2.45) is 0 Å². The highest BCUT2D eigenvalue weighted by Gasteiger charge is 2.08. The zero-order chi connectivity index (χ0) is 27.3. The van der Waals surface area contributed by atoms with E-state index in [4.69, 9.17) is 6.42 Å². The molecule has 0 aliphatic rings. The van der Waals surface area contributed by atoms with Gasteiger partial charge >= 0.3 is 0 Å². The smallest absolute Gasteiger partial charge is 0.178 e. The molecular formula is C28H31BrN6Si2. The summed E-state index contributed by atoms with van der Waals surface area (Å²) in [6.45, 7) is 13.1. The Morgan fingerprint density at radius 2 is 1.11 bits per heavy atom. The maximum Gasteiger partial charge on any atom is 0.178 e. The molecule has 4 heterocycles. The van der Waals surface area contributed by atoms with Crippen molar-refractivity contribution in [2.75, 3.05) is 0 Å². The van der Waals surface area contributed by atoms with Crippen LogP contribution < -0.4 is 0 Å². The van der Waals surface area contributed by atoms with Gasteiger partial charge in [-0.25, -0.2) is 29.9 Å². The van der Waals surface area contributed by atoms with Crippen molar-refractivity contribution in [3.63, 3.8) is 0 Å². The molecule has 6 nitrogen and oxygen atoms in total. The maximum atomic E-state index is 5.12. The Labute approximate surface area is 230 Å². The van der Waals surface area contributed by atoms with Crippen molar-refractivity contribution >= 4 is 32.1 Å². The van der Waals surface area contributed by atoms with Gasteiger partial charge in [0, 0.05) is 24.8 Å². The van der Waals surface area contributed by atoms with Crippen LogP contribution in [0.5, 0.6) is 0 Å². The average molecular weight is 588 g/mol. The summed E-state index contributed by atoms with van der Waals surface area (Å²) in [5.41, 5.74) is 8.36. The van der Waals surface area contributed by atoms with E-state index in [9.17, 15) is 0 Å². The molecule has 4 aromatic rings. The van der Waals surface area contributed by atoms with E-state index in [1.165, 1.54) is 0 Å². The van der Waals surface area contributed by atoms with Gasteiger partial charge in [-0.05, 0) is 52.3 Å². The largest absolute Gasteiger partial charge is 0.238 e. The second-order valence-corrected chi connectivity index (χ2v) is 20.1. The molecule has 0 saturated carbocycles. The second kappa shape index (κ2) is 14.3. The van der Waals surface area contributed by atoms with Crippen molar-refractivity contribution in [3.05, 3.63) is 83.6 Å². The van der Waals surface area contributed by atoms with Gasteiger partial charge in [0.1, 0.15) is 37.8 Å². The summed E-state index contributed by atoms with van der Waals surface area (Å²) in [6, 6.07) is 15.0. The highest BCUT2D eigenvalue weighted by molar-refractivity contribution is 9.10. The summed E-state index contributed by atoms with van der Waals surface area (Å²) >= 11 is 3.29. The first-order chi connectivity index (χ1) is 17.5. The van der Waals surface area contributed by atoms with Gasteiger partial charge < -0.3 is 0 Å². The van der Waals surface area contributed by atoms with E-state index in [1.807, 2.05) is 36.4 Å². The van der Waals surface area contributed by atoms with Crippen molar-refractivity contribution in [1.29, 1.82) is 0 Å². The van der Waals surface area contributed by atoms with Crippen LogP contribution in [0.2, 0.25) is 39.3 Å². The van der Waals surface area contributed by atoms with E-state index in [0.717, 1.165) is 21.7 Å². The quantitative estimate of drug-likeness (QED) is 0.150. The molecule has 0 N–H and O–H groups in total. The fourth-order valence-corrected chi connectivity index (χ4v) is 3.12. The van der Waals surface area contributed by atoms with Gasteiger partial charge in [0.15, 0.2) is 11.6 Å². The van der Waals surface area contributed by atoms with E-state index in [1.54, 1.807) is 36.9 Å². The molecule has 4 aromatic heterocycles. The first kappa shape index (κ1) is 29.7. The average Bonchev–Trinajstić information content (AvgIpc) is 2.89. The number of hydrogen-bond acceptors (Lipinski definition) is 6. The molecular weight excluding hydrogens is 556 g/mol. The molecule has 0 unspecified atom stereocenters. The van der Waals surface area contributed by atoms with Crippen LogP contribution in [0.25, 0.3) is 23.0 Å². The minimum Gasteiger partial charge on any atom is -0.238 e. The number of pyridine rings is 2. The number of hydrogen-bond donors (Lipinski definition) is 0. The van der Waals surface area contributed by atoms with E-state index in [2.05, 4.69) is 102 Å². The summed E-state index contributed by atoms with van der Waals surface area (Å²) in [7, 11) is -2.47. The molecule has 0 aliphatic carbocycles. The normalized spacial score (nSPS) is 10.3. The monoisotopic (exact) mass is 586 g/mol. The maximum absolute atomic E-state index is 5.12. The summed E-state index contributed by atoms with van der Waals surface area (Å²) in [6.07, 6.45) is 11.9. The fourth-order valence-electron chi connectivity index (χ4n) is 2.28. The molecule has 0 aromatic carbocycles. The van der Waals surface area contributed by atoms with Gasteiger partial charge in [0.05, 0.1) is 0 Å². The summed E-state index contributed by atoms with van der Waals surface area (Å²) in [5.74, 6) is 4.42. The van der Waals surface area contributed by atoms with Crippen molar-refractivity contribution in [3.8, 4) is 46.5 Å². The Hall–Kier alpha value is -3.51. The SMILES string of the molecule is Brc1cccc(-c2ncccn2)n1.C#C[Si](C)(C)C.C[Si](C)(C)C#Cc1cccc(-c2ncccn2)n1. The van der Waals surface area contributed by atoms with E-state index in [0.29, 0.717) is 11.6 Å². The zero-order valence-corrected chi connectivity index (χ0v) is 25.7. The Balaban J connectivity index is 0.000000221. The molecule has 4 rings (SSSR count). The van der Waals surface area contributed by atoms with Crippen LogP contribution in [0.4, 0.5) is 0 Å². The Morgan fingerprint density at radius 3 is 1.54 bits per heavy atom. The molecule has 0 radical (unpaired) electrons. The Morgan fingerprint density at radius 1 is 0.649 bits per heavy atom. The van der Waals surface area contributed by atoms with Crippen LogP contribution in [0.1, 0.15) is 5.69 Å². The van der Waals surface area contributed by atoms with Crippen LogP contribution in [-0.2, 0) is 0 Å². The number of aromatic nitrogens is 6. The summed E-state index contributed by atoms with van der Waals surface area (Å²) < 4.78 is 0.789. The predicted molar refractivity (Wildman–Crippen MR) is 161 cm³/mol. The third-order valence-corrected chi connectivity index (χ3v) is 6.24. The minimum absolute atomic E-state index is 0.633. The molecule has 0 atom stereocenters. The number of nitrogens with zero attached hydrogens (tertiary/aromatic N) is 6. The topological polar surface area (TPSA) is 77.3 Å². The minimum atomic E-state index is -1.37. The van der Waals surface area contributed by atoms with E-state index < -0.39 is 16.1 Å². The number of rotatable bonds is 2. The van der Waals surface area contributed by atoms with Crippen molar-refractivity contribution in [2.45, 2.75) is 39.3 Å². The lowest BCUT2D eigenvalue weighted by Gasteiger charge is -2.03. The van der Waals surface area contributed by atoms with Gasteiger partial charge in [-0.3, -0.25) is 0 Å². The van der Waals surface area contributed by atoms with Crippen LogP contribution in [0.15, 0.2) is 77.9 Å². The molecule has 0 amide bonds. The molecule has 0 aliphatic heterocycles. The van der Waals surface area contributed by atoms with E-state index in [-0.39, 0.29) is 0 Å². The summed E-state index contributed by atoms with van der Waals surface area (Å²) in [4.78, 5) is 25.3. The standard InChI is InChI=1S/C14H15N3Si.C9H6BrN3.C5H10Si/c1-18(2,3)11-8-12-6-4-7-13(17-12)14-15-9-5-10-16-14;10-8-4-1-3-7(13-8)9-11-5-2-6-12-9;1-5-6(2,3)4/h4-7,9-10H,1-3H3;1-6H;1H,2-4H3. The van der Waals surface area contributed by atoms with E-state index >= 15 is 0 Å². The van der Waals surface area contributed by atoms with Gasteiger partial charge in [-0.15, -0.1) is 17.5 Å². The molecule has 0 fully saturated rings. The van der Waals surface area contributed by atoms with Crippen molar-refractivity contribution < 1.29 is 0 Å². The fraction of sp³-hybridized carbons (Fsp3) is 0.214. The Bertz CT molecular complexity index is 1370. The van der Waals surface area contributed by atoms with Crippen LogP contribution in [-0.4, -0.2) is 46.1 Å². The first-order valence-corrected chi connectivity index (χ1v) is 19.4. The van der Waals surface area contributed by atoms with Gasteiger partial charge in [0.25, 0.3) is 0 Å². The van der Waals surface area contributed by atoms with Gasteiger partial charge in [-0.2, -0.15) is 0 Å². The highest BCUT2D eigenvalue weighted by Crippen LogP contribution is 2.14. The van der Waals surface area contributed by atoms with Crippen LogP contribution in [0.3, 0.4) is 0 Å². The zero-order valence-electron chi connectivity index (χ0n) is 22.1. The Kier molecular flexibility index (Phi) is 11.5. The lowest BCUT2D eigenvalue weighted by atomic mass is 10.3.